The van der Waals surface area contributed by atoms with Crippen molar-refractivity contribution in [3.8, 4) is 5.69 Å². The highest BCUT2D eigenvalue weighted by Crippen LogP contribution is 2.27. The second-order valence-corrected chi connectivity index (χ2v) is 7.01. The van der Waals surface area contributed by atoms with Crippen LogP contribution < -0.4 is 10.2 Å². The fraction of sp³-hybridized carbons (Fsp3) is 0.444. The Morgan fingerprint density at radius 1 is 1.20 bits per heavy atom. The fourth-order valence-corrected chi connectivity index (χ4v) is 2.98. The molecule has 0 aliphatic carbocycles. The average Bonchev–Trinajstić information content (AvgIpc) is 2.95. The predicted octanol–water partition coefficient (Wildman–Crippen LogP) is 2.18. The Kier molecular flexibility index (Phi) is 6.87. The van der Waals surface area contributed by atoms with Crippen LogP contribution in [0.3, 0.4) is 0 Å². The average molecular weight is 384 g/mol. The van der Waals surface area contributed by atoms with Crippen LogP contribution >= 0.6 is 23.2 Å². The zero-order chi connectivity index (χ0) is 18.6. The Balaban J connectivity index is 2.41. The number of aryl methyl sites for hydroxylation is 1. The lowest BCUT2D eigenvalue weighted by Gasteiger charge is -2.10. The van der Waals surface area contributed by atoms with E-state index in [4.69, 9.17) is 23.2 Å². The van der Waals surface area contributed by atoms with Crippen LogP contribution in [0.2, 0.25) is 10.0 Å². The van der Waals surface area contributed by atoms with E-state index in [9.17, 15) is 4.79 Å². The second-order valence-electron chi connectivity index (χ2n) is 6.20. The quantitative estimate of drug-likeness (QED) is 0.769. The van der Waals surface area contributed by atoms with Crippen molar-refractivity contribution in [1.29, 1.82) is 0 Å². The molecule has 25 heavy (non-hydrogen) atoms. The van der Waals surface area contributed by atoms with Gasteiger partial charge in [0.25, 0.3) is 5.91 Å². The predicted molar refractivity (Wildman–Crippen MR) is 102 cm³/mol. The number of nitrogens with one attached hydrogen (secondary N) is 2. The first-order valence-corrected chi connectivity index (χ1v) is 9.28. The van der Waals surface area contributed by atoms with E-state index in [1.165, 1.54) is 4.90 Å². The van der Waals surface area contributed by atoms with Crippen LogP contribution in [0.4, 0.5) is 0 Å². The molecule has 7 heteroatoms. The van der Waals surface area contributed by atoms with E-state index in [2.05, 4.69) is 24.5 Å². The van der Waals surface area contributed by atoms with Crippen LogP contribution in [0.1, 0.15) is 35.6 Å². The van der Waals surface area contributed by atoms with E-state index in [1.54, 1.807) is 16.8 Å². The third kappa shape index (κ3) is 4.54. The SMILES string of the molecule is CCc1nn(-c2ccc(Cl)c(Cl)c2)c(CC)c1C(=O)NCC[NH+](C)C. The van der Waals surface area contributed by atoms with Gasteiger partial charge < -0.3 is 10.2 Å². The third-order valence-corrected chi connectivity index (χ3v) is 4.75. The van der Waals surface area contributed by atoms with Gasteiger partial charge in [-0.1, -0.05) is 37.0 Å². The van der Waals surface area contributed by atoms with Crippen molar-refractivity contribution >= 4 is 29.1 Å². The second kappa shape index (κ2) is 8.70. The minimum atomic E-state index is -0.0683. The first kappa shape index (κ1) is 19.8. The summed E-state index contributed by atoms with van der Waals surface area (Å²) >= 11 is 12.2. The standard InChI is InChI=1S/C18H24Cl2N4O/c1-5-15-17(18(25)21-9-10-23(3)4)16(6-2)24(22-15)12-7-8-13(19)14(20)11-12/h7-8,11H,5-6,9-10H2,1-4H3,(H,21,25)/p+1. The monoisotopic (exact) mass is 383 g/mol. The number of hydrogen-bond acceptors (Lipinski definition) is 2. The summed E-state index contributed by atoms with van der Waals surface area (Å²) in [7, 11) is 4.12. The van der Waals surface area contributed by atoms with Gasteiger partial charge in [-0.15, -0.1) is 0 Å². The van der Waals surface area contributed by atoms with Gasteiger partial charge in [0, 0.05) is 0 Å². The third-order valence-electron chi connectivity index (χ3n) is 4.01. The molecular formula is C18H25Cl2N4O+. The molecule has 0 radical (unpaired) electrons. The van der Waals surface area contributed by atoms with Gasteiger partial charge in [-0.25, -0.2) is 4.68 Å². The maximum atomic E-state index is 12.7. The topological polar surface area (TPSA) is 51.4 Å². The summed E-state index contributed by atoms with van der Waals surface area (Å²) in [5.74, 6) is -0.0683. The maximum absolute atomic E-state index is 12.7. The molecule has 0 fully saturated rings. The van der Waals surface area contributed by atoms with E-state index in [1.807, 2.05) is 19.9 Å². The van der Waals surface area contributed by atoms with Crippen LogP contribution in [0, 0.1) is 0 Å². The van der Waals surface area contributed by atoms with Crippen molar-refractivity contribution in [2.24, 2.45) is 0 Å². The summed E-state index contributed by atoms with van der Waals surface area (Å²) in [5, 5.41) is 8.62. The molecule has 2 N–H and O–H groups in total. The highest BCUT2D eigenvalue weighted by Gasteiger charge is 2.22. The van der Waals surface area contributed by atoms with Crippen LogP contribution in [0.25, 0.3) is 5.69 Å². The van der Waals surface area contributed by atoms with Gasteiger partial charge in [-0.05, 0) is 31.0 Å². The number of halogens is 2. The molecule has 0 saturated carbocycles. The molecule has 2 rings (SSSR count). The normalized spacial score (nSPS) is 11.2. The van der Waals surface area contributed by atoms with Crippen LogP contribution in [-0.2, 0) is 12.8 Å². The molecule has 0 unspecified atom stereocenters. The summed E-state index contributed by atoms with van der Waals surface area (Å²) in [6, 6.07) is 5.37. The number of amides is 1. The molecule has 1 aromatic heterocycles. The highest BCUT2D eigenvalue weighted by atomic mass is 35.5. The largest absolute Gasteiger partial charge is 0.346 e. The molecule has 0 saturated heterocycles. The Morgan fingerprint density at radius 2 is 1.92 bits per heavy atom. The van der Waals surface area contributed by atoms with Crippen molar-refractivity contribution < 1.29 is 9.69 Å². The number of aromatic nitrogens is 2. The molecule has 0 bridgehead atoms. The van der Waals surface area contributed by atoms with E-state index in [-0.39, 0.29) is 5.91 Å². The lowest BCUT2D eigenvalue weighted by molar-refractivity contribution is -0.856. The van der Waals surface area contributed by atoms with Gasteiger partial charge in [0.15, 0.2) is 0 Å². The lowest BCUT2D eigenvalue weighted by atomic mass is 10.1. The molecule has 1 aromatic carbocycles. The number of benzene rings is 1. The van der Waals surface area contributed by atoms with Crippen LogP contribution in [0.15, 0.2) is 18.2 Å². The van der Waals surface area contributed by atoms with Gasteiger partial charge in [0.2, 0.25) is 0 Å². The van der Waals surface area contributed by atoms with E-state index in [0.717, 1.165) is 23.6 Å². The molecule has 2 aromatic rings. The highest BCUT2D eigenvalue weighted by molar-refractivity contribution is 6.42. The molecule has 5 nitrogen and oxygen atoms in total. The van der Waals surface area contributed by atoms with E-state index < -0.39 is 0 Å². The summed E-state index contributed by atoms with van der Waals surface area (Å²) in [6.45, 7) is 5.52. The van der Waals surface area contributed by atoms with Crippen LogP contribution in [0.5, 0.6) is 0 Å². The Bertz CT molecular complexity index is 756. The molecule has 0 spiro atoms. The molecular weight excluding hydrogens is 359 g/mol. The number of quaternary nitrogens is 1. The fourth-order valence-electron chi connectivity index (χ4n) is 2.68. The van der Waals surface area contributed by atoms with Crippen molar-refractivity contribution in [2.45, 2.75) is 26.7 Å². The Hall–Kier alpha value is -1.56. The van der Waals surface area contributed by atoms with Crippen molar-refractivity contribution in [1.82, 2.24) is 15.1 Å². The van der Waals surface area contributed by atoms with E-state index >= 15 is 0 Å². The van der Waals surface area contributed by atoms with Crippen molar-refractivity contribution in [2.75, 3.05) is 27.2 Å². The first-order valence-electron chi connectivity index (χ1n) is 8.52. The maximum Gasteiger partial charge on any atom is 0.255 e. The van der Waals surface area contributed by atoms with Crippen molar-refractivity contribution in [3.05, 3.63) is 45.2 Å². The first-order chi connectivity index (χ1) is 11.9. The molecule has 0 aliphatic heterocycles. The Labute approximate surface area is 158 Å². The number of hydrogen-bond donors (Lipinski definition) is 2. The van der Waals surface area contributed by atoms with Gasteiger partial charge in [-0.3, -0.25) is 4.79 Å². The molecule has 1 amide bonds. The zero-order valence-electron chi connectivity index (χ0n) is 15.1. The zero-order valence-corrected chi connectivity index (χ0v) is 16.6. The number of rotatable bonds is 7. The Morgan fingerprint density at radius 3 is 2.48 bits per heavy atom. The van der Waals surface area contributed by atoms with Gasteiger partial charge >= 0.3 is 0 Å². The molecule has 1 heterocycles. The van der Waals surface area contributed by atoms with Gasteiger partial charge in [0.05, 0.1) is 59.9 Å². The summed E-state index contributed by atoms with van der Waals surface area (Å²) in [5.41, 5.74) is 3.14. The minimum Gasteiger partial charge on any atom is -0.346 e. The number of nitrogens with zero attached hydrogens (tertiary/aromatic N) is 2. The van der Waals surface area contributed by atoms with Gasteiger partial charge in [0.1, 0.15) is 0 Å². The van der Waals surface area contributed by atoms with Crippen LogP contribution in [-0.4, -0.2) is 42.9 Å². The number of carbonyl (C=O) groups is 1. The summed E-state index contributed by atoms with van der Waals surface area (Å²) < 4.78 is 1.80. The van der Waals surface area contributed by atoms with E-state index in [0.29, 0.717) is 35.0 Å². The lowest BCUT2D eigenvalue weighted by Crippen LogP contribution is -3.06. The summed E-state index contributed by atoms with van der Waals surface area (Å²) in [6.07, 6.45) is 1.37. The summed E-state index contributed by atoms with van der Waals surface area (Å²) in [4.78, 5) is 14.0. The smallest absolute Gasteiger partial charge is 0.255 e. The molecule has 136 valence electrons. The number of likely N-dealkylation sites (N-methyl/N-ethyl adjacent to an activating group) is 1. The number of carbonyl (C=O) groups excluding carboxylic acids is 1. The van der Waals surface area contributed by atoms with Crippen molar-refractivity contribution in [3.63, 3.8) is 0 Å². The van der Waals surface area contributed by atoms with Gasteiger partial charge in [-0.2, -0.15) is 5.10 Å². The minimum absolute atomic E-state index is 0.0683. The molecule has 0 atom stereocenters. The molecule has 0 aliphatic rings.